The highest BCUT2D eigenvalue weighted by molar-refractivity contribution is 6.47. The number of halogens is 1. The summed E-state index contributed by atoms with van der Waals surface area (Å²) in [5.74, 6) is -0.964. The minimum absolute atomic E-state index is 0.326. The number of hydrogen-bond acceptors (Lipinski definition) is 3. The van der Waals surface area contributed by atoms with E-state index in [1.54, 1.807) is 12.1 Å². The largest absolute Gasteiger partial charge is 0.480 e. The monoisotopic (exact) mass is 265 g/mol. The topological polar surface area (TPSA) is 44.5 Å². The van der Waals surface area contributed by atoms with Gasteiger partial charge in [-0.25, -0.2) is 4.39 Å². The van der Waals surface area contributed by atoms with Gasteiger partial charge < -0.3 is 15.0 Å². The lowest BCUT2D eigenvalue weighted by Crippen LogP contribution is -2.41. The van der Waals surface area contributed by atoms with Gasteiger partial charge in [0.1, 0.15) is 5.82 Å². The minimum atomic E-state index is -0.638. The van der Waals surface area contributed by atoms with Gasteiger partial charge in [0, 0.05) is 5.56 Å². The first kappa shape index (κ1) is 14.5. The second kappa shape index (κ2) is 4.58. The van der Waals surface area contributed by atoms with E-state index in [0.717, 1.165) is 5.56 Å². The van der Waals surface area contributed by atoms with E-state index in [4.69, 9.17) is 15.0 Å². The average Bonchev–Trinajstić information content (AvgIpc) is 2.51. The van der Waals surface area contributed by atoms with E-state index in [1.165, 1.54) is 6.07 Å². The molecule has 0 aliphatic carbocycles. The molecule has 5 heteroatoms. The zero-order chi connectivity index (χ0) is 14.4. The first-order chi connectivity index (χ1) is 8.64. The molecule has 3 nitrogen and oxygen atoms in total. The van der Waals surface area contributed by atoms with E-state index < -0.39 is 24.3 Å². The van der Waals surface area contributed by atoms with Gasteiger partial charge in [-0.2, -0.15) is 0 Å². The normalized spacial score (nSPS) is 22.6. The third-order valence-corrected chi connectivity index (χ3v) is 4.08. The van der Waals surface area contributed by atoms with Crippen LogP contribution in [0.5, 0.6) is 0 Å². The van der Waals surface area contributed by atoms with Crippen LogP contribution in [0.2, 0.25) is 0 Å². The van der Waals surface area contributed by atoms with Gasteiger partial charge in [0.25, 0.3) is 0 Å². The van der Waals surface area contributed by atoms with Crippen LogP contribution < -0.4 is 5.73 Å². The molecular formula is C14H21BFNO2. The molecule has 1 aromatic carbocycles. The van der Waals surface area contributed by atoms with Gasteiger partial charge in [0.2, 0.25) is 0 Å². The molecule has 0 radical (unpaired) electrons. The molecule has 1 saturated heterocycles. The van der Waals surface area contributed by atoms with E-state index in [9.17, 15) is 4.39 Å². The Morgan fingerprint density at radius 1 is 1.16 bits per heavy atom. The van der Waals surface area contributed by atoms with E-state index >= 15 is 0 Å². The molecule has 0 aromatic heterocycles. The lowest BCUT2D eigenvalue weighted by molar-refractivity contribution is 0.00578. The predicted molar refractivity (Wildman–Crippen MR) is 74.1 cm³/mol. The predicted octanol–water partition coefficient (Wildman–Crippen LogP) is 2.77. The van der Waals surface area contributed by atoms with Crippen molar-refractivity contribution >= 4 is 7.12 Å². The third-order valence-electron chi connectivity index (χ3n) is 4.08. The summed E-state index contributed by atoms with van der Waals surface area (Å²) in [4.78, 5) is 0. The van der Waals surface area contributed by atoms with Crippen LogP contribution in [0.1, 0.15) is 44.8 Å². The van der Waals surface area contributed by atoms with Crippen LogP contribution in [0.25, 0.3) is 0 Å². The van der Waals surface area contributed by atoms with E-state index in [-0.39, 0.29) is 5.82 Å². The highest BCUT2D eigenvalue weighted by atomic mass is 19.1. The van der Waals surface area contributed by atoms with Crippen molar-refractivity contribution < 1.29 is 13.7 Å². The molecule has 1 aromatic rings. The van der Waals surface area contributed by atoms with Crippen LogP contribution in [-0.4, -0.2) is 18.3 Å². The third kappa shape index (κ3) is 2.55. The maximum Gasteiger partial charge on any atom is 0.480 e. The molecule has 19 heavy (non-hydrogen) atoms. The SMILES string of the molecule is Cc1ccc(F)c([C@@H](N)B2OC(C)(C)C(C)(C)O2)c1. The smallest absolute Gasteiger partial charge is 0.402 e. The van der Waals surface area contributed by atoms with Gasteiger partial charge in [-0.05, 0) is 40.7 Å². The second-order valence-corrected chi connectivity index (χ2v) is 6.18. The fourth-order valence-electron chi connectivity index (χ4n) is 2.10. The molecule has 1 heterocycles. The summed E-state index contributed by atoms with van der Waals surface area (Å²) in [7, 11) is -0.638. The Balaban J connectivity index is 2.27. The Morgan fingerprint density at radius 3 is 2.21 bits per heavy atom. The maximum absolute atomic E-state index is 13.9. The van der Waals surface area contributed by atoms with E-state index in [2.05, 4.69) is 0 Å². The molecule has 0 unspecified atom stereocenters. The van der Waals surface area contributed by atoms with Crippen molar-refractivity contribution in [3.8, 4) is 0 Å². The van der Waals surface area contributed by atoms with E-state index in [0.29, 0.717) is 5.56 Å². The summed E-state index contributed by atoms with van der Waals surface area (Å²) in [6.07, 6.45) is 0. The second-order valence-electron chi connectivity index (χ2n) is 6.18. The highest BCUT2D eigenvalue weighted by Gasteiger charge is 2.53. The molecule has 0 amide bonds. The molecule has 1 aliphatic heterocycles. The van der Waals surface area contributed by atoms with Crippen molar-refractivity contribution in [2.45, 2.75) is 51.8 Å². The molecule has 2 rings (SSSR count). The lowest BCUT2D eigenvalue weighted by atomic mass is 9.74. The standard InChI is InChI=1S/C14H21BFNO2/c1-9-6-7-11(16)10(8-9)12(17)15-18-13(2,3)14(4,5)19-15/h6-8,12H,17H2,1-5H3/t12-/m1/s1. The highest BCUT2D eigenvalue weighted by Crippen LogP contribution is 2.39. The molecule has 0 bridgehead atoms. The zero-order valence-electron chi connectivity index (χ0n) is 12.2. The summed E-state index contributed by atoms with van der Waals surface area (Å²) in [6, 6.07) is 4.89. The molecule has 1 fully saturated rings. The molecule has 1 atom stereocenters. The zero-order valence-corrected chi connectivity index (χ0v) is 12.2. The number of aryl methyl sites for hydroxylation is 1. The van der Waals surface area contributed by atoms with Crippen LogP contribution in [0.3, 0.4) is 0 Å². The Hall–Kier alpha value is -0.905. The fraction of sp³-hybridized carbons (Fsp3) is 0.571. The van der Waals surface area contributed by atoms with Crippen LogP contribution >= 0.6 is 0 Å². The Kier molecular flexibility index (Phi) is 3.50. The Labute approximate surface area is 114 Å². The Morgan fingerprint density at radius 2 is 1.68 bits per heavy atom. The van der Waals surface area contributed by atoms with Crippen molar-refractivity contribution in [3.63, 3.8) is 0 Å². The maximum atomic E-state index is 13.9. The van der Waals surface area contributed by atoms with Gasteiger partial charge >= 0.3 is 7.12 Å². The summed E-state index contributed by atoms with van der Waals surface area (Å²) < 4.78 is 25.6. The van der Waals surface area contributed by atoms with Gasteiger partial charge in [-0.15, -0.1) is 0 Å². The number of benzene rings is 1. The van der Waals surface area contributed by atoms with Gasteiger partial charge in [-0.3, -0.25) is 0 Å². The minimum Gasteiger partial charge on any atom is -0.402 e. The quantitative estimate of drug-likeness (QED) is 0.836. The van der Waals surface area contributed by atoms with Crippen molar-refractivity contribution in [1.29, 1.82) is 0 Å². The Bertz CT molecular complexity index is 474. The summed E-state index contributed by atoms with van der Waals surface area (Å²) in [5.41, 5.74) is 6.59. The number of hydrogen-bond donors (Lipinski definition) is 1. The number of rotatable bonds is 2. The number of nitrogens with two attached hydrogens (primary N) is 1. The molecule has 2 N–H and O–H groups in total. The van der Waals surface area contributed by atoms with Crippen molar-refractivity contribution in [3.05, 3.63) is 35.1 Å². The molecule has 104 valence electrons. The van der Waals surface area contributed by atoms with Gasteiger partial charge in [0.05, 0.1) is 17.1 Å². The average molecular weight is 265 g/mol. The van der Waals surface area contributed by atoms with Gasteiger partial charge in [0.15, 0.2) is 0 Å². The van der Waals surface area contributed by atoms with Crippen LogP contribution in [0, 0.1) is 12.7 Å². The summed E-state index contributed by atoms with van der Waals surface area (Å²) in [5, 5.41) is 0. The van der Waals surface area contributed by atoms with Crippen LogP contribution in [0.4, 0.5) is 4.39 Å². The van der Waals surface area contributed by atoms with Crippen LogP contribution in [0.15, 0.2) is 18.2 Å². The van der Waals surface area contributed by atoms with Crippen molar-refractivity contribution in [2.75, 3.05) is 0 Å². The first-order valence-corrected chi connectivity index (χ1v) is 6.51. The summed E-state index contributed by atoms with van der Waals surface area (Å²) >= 11 is 0. The van der Waals surface area contributed by atoms with Gasteiger partial charge in [-0.1, -0.05) is 17.7 Å². The first-order valence-electron chi connectivity index (χ1n) is 6.51. The van der Waals surface area contributed by atoms with E-state index in [1.807, 2.05) is 34.6 Å². The molecule has 0 saturated carbocycles. The van der Waals surface area contributed by atoms with Crippen molar-refractivity contribution in [2.24, 2.45) is 5.73 Å². The molecular weight excluding hydrogens is 244 g/mol. The fourth-order valence-corrected chi connectivity index (χ4v) is 2.10. The van der Waals surface area contributed by atoms with Crippen LogP contribution in [-0.2, 0) is 9.31 Å². The molecule has 1 aliphatic rings. The summed E-state index contributed by atoms with van der Waals surface area (Å²) in [6.45, 7) is 9.71. The van der Waals surface area contributed by atoms with Crippen molar-refractivity contribution in [1.82, 2.24) is 0 Å². The molecule has 0 spiro atoms. The lowest BCUT2D eigenvalue weighted by Gasteiger charge is -2.32.